The zero-order valence-electron chi connectivity index (χ0n) is 12.9. The van der Waals surface area contributed by atoms with Gasteiger partial charge in [0.2, 0.25) is 5.91 Å². The molecule has 3 aromatic rings. The van der Waals surface area contributed by atoms with Crippen molar-refractivity contribution < 1.29 is 9.59 Å². The van der Waals surface area contributed by atoms with Crippen molar-refractivity contribution in [2.45, 2.75) is 0 Å². The van der Waals surface area contributed by atoms with Crippen molar-refractivity contribution in [1.29, 1.82) is 0 Å². The molecule has 0 saturated carbocycles. The van der Waals surface area contributed by atoms with E-state index in [4.69, 9.17) is 23.2 Å². The summed E-state index contributed by atoms with van der Waals surface area (Å²) in [5, 5.41) is 6.85. The molecule has 0 atom stereocenters. The van der Waals surface area contributed by atoms with Crippen molar-refractivity contribution in [2.75, 3.05) is 11.9 Å². The highest BCUT2D eigenvalue weighted by molar-refractivity contribution is 6.36. The molecule has 2 aromatic carbocycles. The minimum absolute atomic E-state index is 0.193. The fourth-order valence-corrected chi connectivity index (χ4v) is 2.82. The highest BCUT2D eigenvalue weighted by Gasteiger charge is 2.13. The van der Waals surface area contributed by atoms with Gasteiger partial charge in [0.05, 0.1) is 28.3 Å². The van der Waals surface area contributed by atoms with Crippen molar-refractivity contribution in [1.82, 2.24) is 10.3 Å². The number of benzene rings is 2. The van der Waals surface area contributed by atoms with Crippen LogP contribution in [0.25, 0.3) is 10.9 Å². The Morgan fingerprint density at radius 2 is 1.84 bits per heavy atom. The number of nitrogens with one attached hydrogen (secondary N) is 2. The van der Waals surface area contributed by atoms with Gasteiger partial charge in [-0.15, -0.1) is 0 Å². The van der Waals surface area contributed by atoms with Gasteiger partial charge in [-0.2, -0.15) is 0 Å². The van der Waals surface area contributed by atoms with Gasteiger partial charge >= 0.3 is 0 Å². The van der Waals surface area contributed by atoms with Crippen molar-refractivity contribution in [3.63, 3.8) is 0 Å². The maximum atomic E-state index is 12.1. The Balaban J connectivity index is 1.65. The van der Waals surface area contributed by atoms with Crippen LogP contribution >= 0.6 is 23.2 Å². The van der Waals surface area contributed by atoms with Gasteiger partial charge < -0.3 is 10.6 Å². The molecule has 3 rings (SSSR count). The van der Waals surface area contributed by atoms with E-state index < -0.39 is 5.91 Å². The van der Waals surface area contributed by atoms with Gasteiger partial charge in [0, 0.05) is 16.6 Å². The van der Waals surface area contributed by atoms with E-state index in [1.165, 1.54) is 12.1 Å². The topological polar surface area (TPSA) is 71.1 Å². The number of aromatic nitrogens is 1. The predicted molar refractivity (Wildman–Crippen MR) is 99.2 cm³/mol. The molecule has 0 fully saturated rings. The summed E-state index contributed by atoms with van der Waals surface area (Å²) >= 11 is 11.8. The van der Waals surface area contributed by atoms with Crippen LogP contribution < -0.4 is 10.6 Å². The summed E-state index contributed by atoms with van der Waals surface area (Å²) in [6, 6.07) is 13.8. The largest absolute Gasteiger partial charge is 0.343 e. The van der Waals surface area contributed by atoms with Crippen molar-refractivity contribution in [3.8, 4) is 0 Å². The van der Waals surface area contributed by atoms with E-state index in [0.717, 1.165) is 5.39 Å². The highest BCUT2D eigenvalue weighted by atomic mass is 35.5. The second-order valence-electron chi connectivity index (χ2n) is 5.24. The first-order chi connectivity index (χ1) is 12.0. The number of carbonyl (C=O) groups excluding carboxylic acids is 2. The molecule has 1 aromatic heterocycles. The van der Waals surface area contributed by atoms with Gasteiger partial charge in [-0.1, -0.05) is 41.4 Å². The number of fused-ring (bicyclic) bond motifs is 1. The molecule has 7 heteroatoms. The van der Waals surface area contributed by atoms with Gasteiger partial charge in [-0.25, -0.2) is 0 Å². The van der Waals surface area contributed by atoms with Crippen LogP contribution in [0, 0.1) is 0 Å². The Morgan fingerprint density at radius 3 is 2.64 bits per heavy atom. The third kappa shape index (κ3) is 4.07. The number of anilines is 1. The van der Waals surface area contributed by atoms with Crippen LogP contribution in [-0.2, 0) is 4.79 Å². The lowest BCUT2D eigenvalue weighted by atomic mass is 10.2. The SMILES string of the molecule is O=C(CNC(=O)c1ccc(Cl)cc1Cl)Nc1cccc2cccnc12. The summed E-state index contributed by atoms with van der Waals surface area (Å²) in [6.45, 7) is -0.193. The third-order valence-corrected chi connectivity index (χ3v) is 4.04. The lowest BCUT2D eigenvalue weighted by Crippen LogP contribution is -2.33. The summed E-state index contributed by atoms with van der Waals surface area (Å²) < 4.78 is 0. The maximum Gasteiger partial charge on any atom is 0.253 e. The molecule has 0 unspecified atom stereocenters. The third-order valence-electron chi connectivity index (χ3n) is 3.49. The van der Waals surface area contributed by atoms with Gasteiger partial charge in [0.25, 0.3) is 5.91 Å². The molecule has 0 bridgehead atoms. The van der Waals surface area contributed by atoms with Gasteiger partial charge in [0.1, 0.15) is 0 Å². The van der Waals surface area contributed by atoms with Crippen molar-refractivity contribution in [3.05, 3.63) is 70.3 Å². The molecule has 0 radical (unpaired) electrons. The molecular weight excluding hydrogens is 361 g/mol. The molecule has 5 nitrogen and oxygen atoms in total. The average Bonchev–Trinajstić information content (AvgIpc) is 2.60. The van der Waals surface area contributed by atoms with E-state index in [-0.39, 0.29) is 23.0 Å². The van der Waals surface area contributed by atoms with Crippen molar-refractivity contribution >= 4 is 51.6 Å². The molecule has 0 aliphatic carbocycles. The van der Waals surface area contributed by atoms with Crippen LogP contribution in [0.2, 0.25) is 10.0 Å². The van der Waals surface area contributed by atoms with E-state index in [2.05, 4.69) is 15.6 Å². The Hall–Kier alpha value is -2.63. The molecule has 0 spiro atoms. The quantitative estimate of drug-likeness (QED) is 0.728. The Bertz CT molecular complexity index is 955. The molecule has 0 saturated heterocycles. The Kier molecular flexibility index (Phi) is 5.16. The monoisotopic (exact) mass is 373 g/mol. The standard InChI is InChI=1S/C18H13Cl2N3O2/c19-12-6-7-13(14(20)9-12)18(25)22-10-16(24)23-15-5-1-3-11-4-2-8-21-17(11)15/h1-9H,10H2,(H,22,25)(H,23,24). The normalized spacial score (nSPS) is 10.5. The number of rotatable bonds is 4. The summed E-state index contributed by atoms with van der Waals surface area (Å²) in [4.78, 5) is 28.5. The van der Waals surface area contributed by atoms with E-state index in [1.54, 1.807) is 18.3 Å². The number of hydrogen-bond donors (Lipinski definition) is 2. The predicted octanol–water partition coefficient (Wildman–Crippen LogP) is 3.91. The van der Waals surface area contributed by atoms with Crippen LogP contribution in [0.3, 0.4) is 0 Å². The Labute approximate surface area is 154 Å². The molecule has 1 heterocycles. The average molecular weight is 374 g/mol. The number of amides is 2. The zero-order chi connectivity index (χ0) is 17.8. The number of nitrogens with zero attached hydrogens (tertiary/aromatic N) is 1. The molecule has 2 N–H and O–H groups in total. The molecule has 126 valence electrons. The lowest BCUT2D eigenvalue weighted by Gasteiger charge is -2.09. The van der Waals surface area contributed by atoms with Gasteiger partial charge in [0.15, 0.2) is 0 Å². The number of pyridine rings is 1. The number of carbonyl (C=O) groups is 2. The molecule has 25 heavy (non-hydrogen) atoms. The van der Waals surface area contributed by atoms with E-state index in [1.807, 2.05) is 24.3 Å². The van der Waals surface area contributed by atoms with E-state index >= 15 is 0 Å². The lowest BCUT2D eigenvalue weighted by molar-refractivity contribution is -0.115. The summed E-state index contributed by atoms with van der Waals surface area (Å²) in [7, 11) is 0. The fourth-order valence-electron chi connectivity index (χ4n) is 2.33. The van der Waals surface area contributed by atoms with E-state index in [0.29, 0.717) is 16.2 Å². The molecular formula is C18H13Cl2N3O2. The second kappa shape index (κ2) is 7.51. The molecule has 2 amide bonds. The first-order valence-corrected chi connectivity index (χ1v) is 8.17. The molecule has 0 aliphatic heterocycles. The van der Waals surface area contributed by atoms with Crippen molar-refractivity contribution in [2.24, 2.45) is 0 Å². The second-order valence-corrected chi connectivity index (χ2v) is 6.08. The number of halogens is 2. The van der Waals surface area contributed by atoms with Crippen LogP contribution in [0.15, 0.2) is 54.7 Å². The number of para-hydroxylation sites is 1. The molecule has 0 aliphatic rings. The zero-order valence-corrected chi connectivity index (χ0v) is 14.4. The summed E-state index contributed by atoms with van der Waals surface area (Å²) in [6.07, 6.45) is 1.66. The first-order valence-electron chi connectivity index (χ1n) is 7.41. The van der Waals surface area contributed by atoms with Crippen LogP contribution in [0.5, 0.6) is 0 Å². The van der Waals surface area contributed by atoms with Gasteiger partial charge in [-0.05, 0) is 30.3 Å². The summed E-state index contributed by atoms with van der Waals surface area (Å²) in [5.74, 6) is -0.815. The number of hydrogen-bond acceptors (Lipinski definition) is 3. The highest BCUT2D eigenvalue weighted by Crippen LogP contribution is 2.21. The maximum absolute atomic E-state index is 12.1. The first kappa shape index (κ1) is 17.2. The minimum atomic E-state index is -0.451. The summed E-state index contributed by atoms with van der Waals surface area (Å²) in [5.41, 5.74) is 1.53. The van der Waals surface area contributed by atoms with Crippen LogP contribution in [0.1, 0.15) is 10.4 Å². The minimum Gasteiger partial charge on any atom is -0.343 e. The smallest absolute Gasteiger partial charge is 0.253 e. The fraction of sp³-hybridized carbons (Fsp3) is 0.0556. The van der Waals surface area contributed by atoms with Gasteiger partial charge in [-0.3, -0.25) is 14.6 Å². The van der Waals surface area contributed by atoms with E-state index in [9.17, 15) is 9.59 Å². The van der Waals surface area contributed by atoms with Crippen LogP contribution in [0.4, 0.5) is 5.69 Å². The van der Waals surface area contributed by atoms with Crippen LogP contribution in [-0.4, -0.2) is 23.3 Å². The Morgan fingerprint density at radius 1 is 1.04 bits per heavy atom.